The van der Waals surface area contributed by atoms with Crippen molar-refractivity contribution in [2.45, 2.75) is 19.3 Å². The number of carbonyl (C=O) groups excluding carboxylic acids is 1. The van der Waals surface area contributed by atoms with Crippen molar-refractivity contribution in [3.63, 3.8) is 0 Å². The molecule has 0 amide bonds. The van der Waals surface area contributed by atoms with E-state index in [1.807, 2.05) is 37.3 Å². The van der Waals surface area contributed by atoms with E-state index < -0.39 is 0 Å². The molecule has 0 saturated heterocycles. The Morgan fingerprint density at radius 2 is 1.83 bits per heavy atom. The van der Waals surface area contributed by atoms with Crippen molar-refractivity contribution in [3.05, 3.63) is 35.9 Å². The lowest BCUT2D eigenvalue weighted by molar-refractivity contribution is -0.870. The molecule has 1 aromatic carbocycles. The Morgan fingerprint density at radius 1 is 1.22 bits per heavy atom. The Morgan fingerprint density at radius 3 is 2.33 bits per heavy atom. The molecule has 0 heterocycles. The SMILES string of the molecule is CCC(C(=O)OCC[N+](C)(C)C)c1ccccc1. The predicted molar refractivity (Wildman–Crippen MR) is 73.3 cm³/mol. The van der Waals surface area contributed by atoms with Gasteiger partial charge in [0.25, 0.3) is 0 Å². The minimum atomic E-state index is -0.140. The van der Waals surface area contributed by atoms with Gasteiger partial charge in [-0.05, 0) is 12.0 Å². The predicted octanol–water partition coefficient (Wildman–Crippen LogP) is 2.43. The summed E-state index contributed by atoms with van der Waals surface area (Å²) in [6.45, 7) is 3.32. The first-order chi connectivity index (χ1) is 8.44. The first kappa shape index (κ1) is 14.7. The van der Waals surface area contributed by atoms with Crippen LogP contribution in [0.4, 0.5) is 0 Å². The third-order valence-electron chi connectivity index (χ3n) is 2.90. The summed E-state index contributed by atoms with van der Waals surface area (Å²) in [4.78, 5) is 12.0. The highest BCUT2D eigenvalue weighted by atomic mass is 16.5. The van der Waals surface area contributed by atoms with Crippen LogP contribution in [0.2, 0.25) is 0 Å². The monoisotopic (exact) mass is 250 g/mol. The average Bonchev–Trinajstić information content (AvgIpc) is 2.29. The zero-order valence-corrected chi connectivity index (χ0v) is 11.8. The van der Waals surface area contributed by atoms with Crippen molar-refractivity contribution in [3.8, 4) is 0 Å². The standard InChI is InChI=1S/C15H24NO2/c1-5-14(13-9-7-6-8-10-13)15(17)18-12-11-16(2,3)4/h6-10,14H,5,11-12H2,1-4H3/q+1. The van der Waals surface area contributed by atoms with E-state index in [1.165, 1.54) is 0 Å². The Hall–Kier alpha value is -1.35. The molecule has 100 valence electrons. The molecule has 1 aromatic rings. The number of hydrogen-bond donors (Lipinski definition) is 0. The molecule has 18 heavy (non-hydrogen) atoms. The molecule has 1 unspecified atom stereocenters. The second kappa shape index (κ2) is 6.55. The summed E-state index contributed by atoms with van der Waals surface area (Å²) in [5.74, 6) is -0.254. The second-order valence-corrected chi connectivity index (χ2v) is 5.55. The van der Waals surface area contributed by atoms with Crippen LogP contribution in [0, 0.1) is 0 Å². The zero-order chi connectivity index (χ0) is 13.6. The molecule has 1 atom stereocenters. The molecule has 0 aliphatic heterocycles. The van der Waals surface area contributed by atoms with Gasteiger partial charge in [0.15, 0.2) is 0 Å². The van der Waals surface area contributed by atoms with E-state index >= 15 is 0 Å². The number of likely N-dealkylation sites (N-methyl/N-ethyl adjacent to an activating group) is 1. The first-order valence-electron chi connectivity index (χ1n) is 6.46. The van der Waals surface area contributed by atoms with Crippen LogP contribution in [0.25, 0.3) is 0 Å². The molecule has 0 saturated carbocycles. The second-order valence-electron chi connectivity index (χ2n) is 5.55. The maximum atomic E-state index is 12.0. The molecular weight excluding hydrogens is 226 g/mol. The molecule has 0 aliphatic rings. The van der Waals surface area contributed by atoms with E-state index in [9.17, 15) is 4.79 Å². The lowest BCUT2D eigenvalue weighted by Crippen LogP contribution is -2.38. The van der Waals surface area contributed by atoms with Gasteiger partial charge < -0.3 is 9.22 Å². The normalized spacial score (nSPS) is 13.1. The molecule has 1 rings (SSSR count). The maximum Gasteiger partial charge on any atom is 0.313 e. The van der Waals surface area contributed by atoms with Crippen molar-refractivity contribution in [1.82, 2.24) is 0 Å². The third kappa shape index (κ3) is 4.88. The lowest BCUT2D eigenvalue weighted by Gasteiger charge is -2.24. The van der Waals surface area contributed by atoms with Crippen molar-refractivity contribution < 1.29 is 14.0 Å². The number of nitrogens with zero attached hydrogens (tertiary/aromatic N) is 1. The Balaban J connectivity index is 2.54. The number of ether oxygens (including phenoxy) is 1. The maximum absolute atomic E-state index is 12.0. The number of benzene rings is 1. The fraction of sp³-hybridized carbons (Fsp3) is 0.533. The summed E-state index contributed by atoms with van der Waals surface area (Å²) in [5.41, 5.74) is 1.04. The summed E-state index contributed by atoms with van der Waals surface area (Å²) in [7, 11) is 6.26. The van der Waals surface area contributed by atoms with Crippen molar-refractivity contribution in [1.29, 1.82) is 0 Å². The van der Waals surface area contributed by atoms with Gasteiger partial charge in [0.1, 0.15) is 13.2 Å². The van der Waals surface area contributed by atoms with Gasteiger partial charge in [0.05, 0.1) is 27.1 Å². The van der Waals surface area contributed by atoms with E-state index in [2.05, 4.69) is 21.1 Å². The number of hydrogen-bond acceptors (Lipinski definition) is 2. The largest absolute Gasteiger partial charge is 0.459 e. The number of rotatable bonds is 6. The summed E-state index contributed by atoms with van der Waals surface area (Å²) in [6, 6.07) is 9.83. The van der Waals surface area contributed by atoms with Crippen molar-refractivity contribution in [2.75, 3.05) is 34.3 Å². The number of carbonyl (C=O) groups is 1. The topological polar surface area (TPSA) is 26.3 Å². The van der Waals surface area contributed by atoms with E-state index in [4.69, 9.17) is 4.74 Å². The molecule has 0 N–H and O–H groups in total. The van der Waals surface area contributed by atoms with Gasteiger partial charge in [-0.15, -0.1) is 0 Å². The highest BCUT2D eigenvalue weighted by Crippen LogP contribution is 2.20. The summed E-state index contributed by atoms with van der Waals surface area (Å²) >= 11 is 0. The first-order valence-corrected chi connectivity index (χ1v) is 6.46. The zero-order valence-electron chi connectivity index (χ0n) is 11.8. The Kier molecular flexibility index (Phi) is 5.35. The average molecular weight is 250 g/mol. The van der Waals surface area contributed by atoms with Crippen molar-refractivity contribution in [2.24, 2.45) is 0 Å². The number of esters is 1. The molecule has 0 aromatic heterocycles. The van der Waals surface area contributed by atoms with Gasteiger partial charge in [0, 0.05) is 0 Å². The van der Waals surface area contributed by atoms with Crippen LogP contribution >= 0.6 is 0 Å². The smallest absolute Gasteiger partial charge is 0.313 e. The van der Waals surface area contributed by atoms with Crippen LogP contribution in [0.3, 0.4) is 0 Å². The summed E-state index contributed by atoms with van der Waals surface area (Å²) in [6.07, 6.45) is 0.771. The Bertz CT molecular complexity index is 368. The highest BCUT2D eigenvalue weighted by Gasteiger charge is 2.20. The van der Waals surface area contributed by atoms with Gasteiger partial charge >= 0.3 is 5.97 Å². The number of quaternary nitrogens is 1. The lowest BCUT2D eigenvalue weighted by atomic mass is 9.97. The molecule has 0 aliphatic carbocycles. The van der Waals surface area contributed by atoms with E-state index in [0.29, 0.717) is 6.61 Å². The van der Waals surface area contributed by atoms with Gasteiger partial charge in [-0.3, -0.25) is 4.79 Å². The molecule has 0 radical (unpaired) electrons. The van der Waals surface area contributed by atoms with E-state index in [-0.39, 0.29) is 11.9 Å². The molecular formula is C15H24NO2+. The molecule has 0 fully saturated rings. The molecule has 0 bridgehead atoms. The molecule has 0 spiro atoms. The minimum Gasteiger partial charge on any atom is -0.459 e. The van der Waals surface area contributed by atoms with Gasteiger partial charge in [0.2, 0.25) is 0 Å². The van der Waals surface area contributed by atoms with Crippen LogP contribution in [-0.2, 0) is 9.53 Å². The molecule has 3 heteroatoms. The minimum absolute atomic E-state index is 0.114. The fourth-order valence-corrected chi connectivity index (χ4v) is 1.74. The van der Waals surface area contributed by atoms with Crippen LogP contribution in [0.5, 0.6) is 0 Å². The fourth-order valence-electron chi connectivity index (χ4n) is 1.74. The Labute approximate surface area is 110 Å². The van der Waals surface area contributed by atoms with Gasteiger partial charge in [-0.2, -0.15) is 0 Å². The third-order valence-corrected chi connectivity index (χ3v) is 2.90. The van der Waals surface area contributed by atoms with Crippen LogP contribution in [0.15, 0.2) is 30.3 Å². The summed E-state index contributed by atoms with van der Waals surface area (Å²) < 4.78 is 6.17. The van der Waals surface area contributed by atoms with Crippen molar-refractivity contribution >= 4 is 5.97 Å². The van der Waals surface area contributed by atoms with Crippen LogP contribution < -0.4 is 0 Å². The summed E-state index contributed by atoms with van der Waals surface area (Å²) in [5, 5.41) is 0. The quantitative estimate of drug-likeness (QED) is 0.572. The highest BCUT2D eigenvalue weighted by molar-refractivity contribution is 5.78. The van der Waals surface area contributed by atoms with E-state index in [0.717, 1.165) is 23.0 Å². The van der Waals surface area contributed by atoms with E-state index in [1.54, 1.807) is 0 Å². The van der Waals surface area contributed by atoms with Crippen LogP contribution in [-0.4, -0.2) is 44.7 Å². The van der Waals surface area contributed by atoms with Gasteiger partial charge in [-0.1, -0.05) is 37.3 Å². The molecule has 3 nitrogen and oxygen atoms in total. The van der Waals surface area contributed by atoms with Crippen LogP contribution in [0.1, 0.15) is 24.8 Å². The van der Waals surface area contributed by atoms with Gasteiger partial charge in [-0.25, -0.2) is 0 Å².